The van der Waals surface area contributed by atoms with E-state index in [1.807, 2.05) is 24.3 Å². The number of aliphatic hydroxyl groups excluding tert-OH is 1. The van der Waals surface area contributed by atoms with E-state index in [1.165, 1.54) is 0 Å². The molecule has 0 bridgehead atoms. The van der Waals surface area contributed by atoms with Crippen LogP contribution < -0.4 is 0 Å². The van der Waals surface area contributed by atoms with E-state index in [2.05, 4.69) is 0 Å². The monoisotopic (exact) mass is 234 g/mol. The fourth-order valence-electron chi connectivity index (χ4n) is 2.53. The van der Waals surface area contributed by atoms with Crippen LogP contribution in [0.25, 0.3) is 0 Å². The Kier molecular flexibility index (Phi) is 3.20. The third kappa shape index (κ3) is 1.95. The molecular formula is C14H18O3. The summed E-state index contributed by atoms with van der Waals surface area (Å²) in [6.45, 7) is 3.81. The molecule has 1 aromatic rings. The molecule has 1 aliphatic carbocycles. The van der Waals surface area contributed by atoms with Crippen molar-refractivity contribution in [3.63, 3.8) is 0 Å². The van der Waals surface area contributed by atoms with Gasteiger partial charge >= 0.3 is 5.97 Å². The molecule has 1 N–H and O–H groups in total. The molecule has 0 heterocycles. The molecule has 1 aromatic carbocycles. The molecule has 0 aromatic heterocycles. The first-order valence-electron chi connectivity index (χ1n) is 6.02. The first-order chi connectivity index (χ1) is 8.10. The maximum atomic E-state index is 12.1. The van der Waals surface area contributed by atoms with Crippen LogP contribution in [0.4, 0.5) is 0 Å². The number of esters is 1. The van der Waals surface area contributed by atoms with Gasteiger partial charge in [0.15, 0.2) is 0 Å². The lowest BCUT2D eigenvalue weighted by Crippen LogP contribution is -2.43. The average molecular weight is 234 g/mol. The summed E-state index contributed by atoms with van der Waals surface area (Å²) < 4.78 is 5.12. The molecule has 92 valence electrons. The molecule has 0 spiro atoms. The van der Waals surface area contributed by atoms with Gasteiger partial charge in [0.25, 0.3) is 0 Å². The molecule has 3 heteroatoms. The molecule has 0 aliphatic heterocycles. The van der Waals surface area contributed by atoms with Gasteiger partial charge in [-0.1, -0.05) is 24.3 Å². The molecule has 0 saturated carbocycles. The first-order valence-corrected chi connectivity index (χ1v) is 6.02. The second kappa shape index (κ2) is 4.49. The first kappa shape index (κ1) is 12.1. The predicted octanol–water partition coefficient (Wildman–Crippen LogP) is 1.72. The van der Waals surface area contributed by atoms with Crippen molar-refractivity contribution in [2.24, 2.45) is 5.41 Å². The second-order valence-corrected chi connectivity index (χ2v) is 4.67. The Morgan fingerprint density at radius 1 is 1.41 bits per heavy atom. The Morgan fingerprint density at radius 2 is 1.94 bits per heavy atom. The number of carbonyl (C=O) groups excluding carboxylic acids is 1. The highest BCUT2D eigenvalue weighted by Gasteiger charge is 2.48. The topological polar surface area (TPSA) is 46.5 Å². The molecule has 0 amide bonds. The van der Waals surface area contributed by atoms with Crippen LogP contribution in [-0.2, 0) is 22.4 Å². The number of hydrogen-bond acceptors (Lipinski definition) is 3. The van der Waals surface area contributed by atoms with Crippen molar-refractivity contribution in [2.75, 3.05) is 6.61 Å². The summed E-state index contributed by atoms with van der Waals surface area (Å²) in [7, 11) is 0. The summed E-state index contributed by atoms with van der Waals surface area (Å²) in [5, 5.41) is 9.97. The lowest BCUT2D eigenvalue weighted by Gasteiger charge is -2.29. The van der Waals surface area contributed by atoms with Gasteiger partial charge in [-0.15, -0.1) is 0 Å². The van der Waals surface area contributed by atoms with Gasteiger partial charge in [-0.05, 0) is 37.8 Å². The number of benzene rings is 1. The van der Waals surface area contributed by atoms with E-state index in [9.17, 15) is 9.90 Å². The Hall–Kier alpha value is -1.35. The quantitative estimate of drug-likeness (QED) is 0.810. The van der Waals surface area contributed by atoms with Gasteiger partial charge in [0.05, 0.1) is 12.7 Å². The van der Waals surface area contributed by atoms with Gasteiger partial charge in [0, 0.05) is 0 Å². The van der Waals surface area contributed by atoms with Crippen molar-refractivity contribution >= 4 is 5.97 Å². The van der Waals surface area contributed by atoms with Crippen LogP contribution in [0, 0.1) is 5.41 Å². The van der Waals surface area contributed by atoms with Crippen molar-refractivity contribution in [1.29, 1.82) is 0 Å². The van der Waals surface area contributed by atoms with Crippen molar-refractivity contribution in [1.82, 2.24) is 0 Å². The van der Waals surface area contributed by atoms with Crippen LogP contribution in [0.2, 0.25) is 0 Å². The zero-order chi connectivity index (χ0) is 12.5. The second-order valence-electron chi connectivity index (χ2n) is 4.67. The van der Waals surface area contributed by atoms with Crippen LogP contribution in [-0.4, -0.2) is 23.8 Å². The number of ether oxygens (including phenoxy) is 1. The summed E-state index contributed by atoms with van der Waals surface area (Å²) in [5.41, 5.74) is 1.49. The summed E-state index contributed by atoms with van der Waals surface area (Å²) >= 11 is 0. The normalized spacial score (nSPS) is 18.5. The van der Waals surface area contributed by atoms with E-state index in [4.69, 9.17) is 4.74 Å². The molecule has 0 saturated heterocycles. The minimum absolute atomic E-state index is 0.286. The molecule has 17 heavy (non-hydrogen) atoms. The standard InChI is InChI=1S/C14H18O3/c1-3-17-13(16)14(10(2)15)8-11-6-4-5-7-12(11)9-14/h4-7,10,15H,3,8-9H2,1-2H3/t10-/m1/s1. The van der Waals surface area contributed by atoms with Crippen molar-refractivity contribution < 1.29 is 14.6 Å². The van der Waals surface area contributed by atoms with Gasteiger partial charge in [-0.3, -0.25) is 4.79 Å². The third-order valence-electron chi connectivity index (χ3n) is 3.61. The smallest absolute Gasteiger partial charge is 0.315 e. The molecule has 2 rings (SSSR count). The van der Waals surface area contributed by atoms with Gasteiger partial charge in [-0.2, -0.15) is 0 Å². The van der Waals surface area contributed by atoms with Crippen LogP contribution in [0.5, 0.6) is 0 Å². The molecule has 3 nitrogen and oxygen atoms in total. The minimum Gasteiger partial charge on any atom is -0.465 e. The maximum Gasteiger partial charge on any atom is 0.315 e. The number of carbonyl (C=O) groups is 1. The lowest BCUT2D eigenvalue weighted by molar-refractivity contribution is -0.161. The highest BCUT2D eigenvalue weighted by atomic mass is 16.5. The highest BCUT2D eigenvalue weighted by molar-refractivity contribution is 5.79. The Bertz CT molecular complexity index is 398. The summed E-state index contributed by atoms with van der Waals surface area (Å²) in [6, 6.07) is 7.95. The third-order valence-corrected chi connectivity index (χ3v) is 3.61. The number of aliphatic hydroxyl groups is 1. The lowest BCUT2D eigenvalue weighted by atomic mass is 9.80. The minimum atomic E-state index is -0.792. The molecule has 1 atom stereocenters. The molecule has 0 radical (unpaired) electrons. The van der Waals surface area contributed by atoms with Gasteiger partial charge in [-0.25, -0.2) is 0 Å². The maximum absolute atomic E-state index is 12.1. The Morgan fingerprint density at radius 3 is 2.35 bits per heavy atom. The van der Waals surface area contributed by atoms with Crippen molar-refractivity contribution in [3.05, 3.63) is 35.4 Å². The van der Waals surface area contributed by atoms with Gasteiger partial charge < -0.3 is 9.84 Å². The Balaban J connectivity index is 2.32. The summed E-state index contributed by atoms with van der Waals surface area (Å²) in [6.07, 6.45) is 0.438. The summed E-state index contributed by atoms with van der Waals surface area (Å²) in [5.74, 6) is -0.286. The molecule has 0 unspecified atom stereocenters. The number of rotatable bonds is 3. The highest BCUT2D eigenvalue weighted by Crippen LogP contribution is 2.40. The van der Waals surface area contributed by atoms with Crippen molar-refractivity contribution in [3.8, 4) is 0 Å². The van der Waals surface area contributed by atoms with Crippen molar-refractivity contribution in [2.45, 2.75) is 32.8 Å². The van der Waals surface area contributed by atoms with E-state index < -0.39 is 11.5 Å². The summed E-state index contributed by atoms with van der Waals surface area (Å²) in [4.78, 5) is 12.1. The van der Waals surface area contributed by atoms with Crippen LogP contribution in [0.1, 0.15) is 25.0 Å². The zero-order valence-corrected chi connectivity index (χ0v) is 10.3. The van der Waals surface area contributed by atoms with E-state index in [1.54, 1.807) is 13.8 Å². The molecule has 0 fully saturated rings. The predicted molar refractivity (Wildman–Crippen MR) is 64.6 cm³/mol. The van der Waals surface area contributed by atoms with E-state index in [-0.39, 0.29) is 5.97 Å². The van der Waals surface area contributed by atoms with Crippen LogP contribution in [0.15, 0.2) is 24.3 Å². The fourth-order valence-corrected chi connectivity index (χ4v) is 2.53. The van der Waals surface area contributed by atoms with Gasteiger partial charge in [0.1, 0.15) is 5.41 Å². The van der Waals surface area contributed by atoms with Crippen LogP contribution >= 0.6 is 0 Å². The molecular weight excluding hydrogens is 216 g/mol. The van der Waals surface area contributed by atoms with E-state index >= 15 is 0 Å². The zero-order valence-electron chi connectivity index (χ0n) is 10.3. The SMILES string of the molecule is CCOC(=O)C1([C@@H](C)O)Cc2ccccc2C1. The fraction of sp³-hybridized carbons (Fsp3) is 0.500. The number of fused-ring (bicyclic) bond motifs is 1. The largest absolute Gasteiger partial charge is 0.465 e. The van der Waals surface area contributed by atoms with Gasteiger partial charge in [0.2, 0.25) is 0 Å². The van der Waals surface area contributed by atoms with Crippen LogP contribution in [0.3, 0.4) is 0 Å². The average Bonchev–Trinajstić information content (AvgIpc) is 2.69. The Labute approximate surface area is 101 Å². The van der Waals surface area contributed by atoms with E-state index in [0.717, 1.165) is 11.1 Å². The van der Waals surface area contributed by atoms with E-state index in [0.29, 0.717) is 19.4 Å². The number of hydrogen-bond donors (Lipinski definition) is 1. The molecule has 1 aliphatic rings.